The standard InChI is InChI=1S/C30H26Cl2N2O5/c1-15(2)16-9-11-17(12-10-16)34-25(20-14-33-22-8-6-5-7-18(20)22)23(27(36)30(34)37)26(35)19-13-21(31)29(39-4)24(32)28(19)38-3/h5-15,25,33,35H,1-4H3/b26-23+. The molecule has 39 heavy (non-hydrogen) atoms. The molecular formula is C30H26Cl2N2O5. The molecule has 1 unspecified atom stereocenters. The van der Waals surface area contributed by atoms with Crippen LogP contribution in [-0.2, 0) is 9.59 Å². The number of hydrogen-bond donors (Lipinski definition) is 2. The lowest BCUT2D eigenvalue weighted by Gasteiger charge is -2.25. The highest BCUT2D eigenvalue weighted by Gasteiger charge is 2.48. The van der Waals surface area contributed by atoms with Crippen molar-refractivity contribution < 1.29 is 24.2 Å². The number of halogens is 2. The number of aliphatic hydroxyl groups is 1. The zero-order chi connectivity index (χ0) is 28.0. The molecule has 1 aliphatic rings. The minimum absolute atomic E-state index is 0.0243. The molecule has 5 rings (SSSR count). The molecule has 0 saturated carbocycles. The summed E-state index contributed by atoms with van der Waals surface area (Å²) >= 11 is 12.9. The predicted octanol–water partition coefficient (Wildman–Crippen LogP) is 7.24. The molecule has 4 aromatic rings. The third kappa shape index (κ3) is 4.32. The number of aliphatic hydroxyl groups excluding tert-OH is 1. The zero-order valence-corrected chi connectivity index (χ0v) is 23.2. The third-order valence-electron chi connectivity index (χ3n) is 6.99. The highest BCUT2D eigenvalue weighted by atomic mass is 35.5. The van der Waals surface area contributed by atoms with Gasteiger partial charge < -0.3 is 19.6 Å². The van der Waals surface area contributed by atoms with E-state index in [4.69, 9.17) is 32.7 Å². The minimum Gasteiger partial charge on any atom is -0.507 e. The van der Waals surface area contributed by atoms with Crippen molar-refractivity contribution in [3.63, 3.8) is 0 Å². The number of hydrogen-bond acceptors (Lipinski definition) is 5. The maximum atomic E-state index is 13.7. The normalized spacial score (nSPS) is 16.9. The maximum Gasteiger partial charge on any atom is 0.300 e. The molecule has 1 aliphatic heterocycles. The second kappa shape index (κ2) is 10.3. The fraction of sp³-hybridized carbons (Fsp3) is 0.200. The molecule has 200 valence electrons. The van der Waals surface area contributed by atoms with Crippen LogP contribution >= 0.6 is 23.2 Å². The van der Waals surface area contributed by atoms with E-state index in [1.54, 1.807) is 6.20 Å². The first-order valence-electron chi connectivity index (χ1n) is 12.3. The number of fused-ring (bicyclic) bond motifs is 1. The number of carbonyl (C=O) groups is 2. The number of nitrogens with zero attached hydrogens (tertiary/aromatic N) is 1. The average molecular weight is 565 g/mol. The van der Waals surface area contributed by atoms with Crippen molar-refractivity contribution in [2.75, 3.05) is 19.1 Å². The Morgan fingerprint density at radius 3 is 2.31 bits per heavy atom. The number of amides is 1. The molecule has 0 spiro atoms. The number of carbonyl (C=O) groups excluding carboxylic acids is 2. The molecular weight excluding hydrogens is 539 g/mol. The molecule has 2 heterocycles. The molecule has 2 N–H and O–H groups in total. The molecule has 1 amide bonds. The summed E-state index contributed by atoms with van der Waals surface area (Å²) in [4.78, 5) is 31.9. The average Bonchev–Trinajstić information content (AvgIpc) is 3.46. The number of benzene rings is 3. The predicted molar refractivity (Wildman–Crippen MR) is 153 cm³/mol. The summed E-state index contributed by atoms with van der Waals surface area (Å²) in [6.45, 7) is 4.15. The summed E-state index contributed by atoms with van der Waals surface area (Å²) in [5.74, 6) is -1.58. The molecule has 1 atom stereocenters. The summed E-state index contributed by atoms with van der Waals surface area (Å²) in [5.41, 5.74) is 3.02. The van der Waals surface area contributed by atoms with Gasteiger partial charge in [0.1, 0.15) is 10.8 Å². The zero-order valence-electron chi connectivity index (χ0n) is 21.7. The van der Waals surface area contributed by atoms with E-state index in [0.717, 1.165) is 16.5 Å². The van der Waals surface area contributed by atoms with Gasteiger partial charge in [-0.2, -0.15) is 0 Å². The van der Waals surface area contributed by atoms with Crippen LogP contribution in [0.1, 0.15) is 42.5 Å². The van der Waals surface area contributed by atoms with Gasteiger partial charge in [0.25, 0.3) is 11.7 Å². The lowest BCUT2D eigenvalue weighted by atomic mass is 9.94. The van der Waals surface area contributed by atoms with Crippen molar-refractivity contribution in [2.45, 2.75) is 25.8 Å². The molecule has 3 aromatic carbocycles. The van der Waals surface area contributed by atoms with Crippen molar-refractivity contribution in [1.82, 2.24) is 4.98 Å². The molecule has 7 nitrogen and oxygen atoms in total. The van der Waals surface area contributed by atoms with Crippen molar-refractivity contribution >= 4 is 57.2 Å². The quantitative estimate of drug-likeness (QED) is 0.146. The summed E-state index contributed by atoms with van der Waals surface area (Å²) in [5, 5.41) is 12.6. The smallest absolute Gasteiger partial charge is 0.300 e. The fourth-order valence-corrected chi connectivity index (χ4v) is 5.71. The molecule has 9 heteroatoms. The van der Waals surface area contributed by atoms with E-state index in [1.807, 2.05) is 48.5 Å². The second-order valence-corrected chi connectivity index (χ2v) is 10.3. The van der Waals surface area contributed by atoms with Crippen LogP contribution in [-0.4, -0.2) is 36.0 Å². The van der Waals surface area contributed by atoms with Crippen molar-refractivity contribution in [1.29, 1.82) is 0 Å². The first-order valence-corrected chi connectivity index (χ1v) is 13.0. The lowest BCUT2D eigenvalue weighted by Crippen LogP contribution is -2.29. The number of rotatable bonds is 6. The maximum absolute atomic E-state index is 13.7. The van der Waals surface area contributed by atoms with E-state index >= 15 is 0 Å². The number of anilines is 1. The number of methoxy groups -OCH3 is 2. The Hall–Kier alpha value is -3.94. The topological polar surface area (TPSA) is 91.9 Å². The van der Waals surface area contributed by atoms with Gasteiger partial charge in [0.15, 0.2) is 11.5 Å². The van der Waals surface area contributed by atoms with Gasteiger partial charge in [-0.15, -0.1) is 0 Å². The van der Waals surface area contributed by atoms with Gasteiger partial charge in [-0.3, -0.25) is 14.5 Å². The summed E-state index contributed by atoms with van der Waals surface area (Å²) < 4.78 is 10.8. The first-order chi connectivity index (χ1) is 18.7. The van der Waals surface area contributed by atoms with Gasteiger partial charge >= 0.3 is 0 Å². The van der Waals surface area contributed by atoms with Crippen LogP contribution in [0.2, 0.25) is 10.0 Å². The van der Waals surface area contributed by atoms with Crippen molar-refractivity contribution in [2.24, 2.45) is 0 Å². The molecule has 0 aliphatic carbocycles. The Balaban J connectivity index is 1.79. The Morgan fingerprint density at radius 1 is 1.00 bits per heavy atom. The third-order valence-corrected chi connectivity index (χ3v) is 7.62. The van der Waals surface area contributed by atoms with E-state index in [9.17, 15) is 14.7 Å². The van der Waals surface area contributed by atoms with Crippen LogP contribution in [0.15, 0.2) is 66.4 Å². The Morgan fingerprint density at radius 2 is 1.67 bits per heavy atom. The van der Waals surface area contributed by atoms with Crippen LogP contribution < -0.4 is 14.4 Å². The number of nitrogens with one attached hydrogen (secondary N) is 1. The Labute approximate surface area is 235 Å². The number of aromatic nitrogens is 1. The monoisotopic (exact) mass is 564 g/mol. The SMILES string of the molecule is COc1c(Cl)cc(/C(O)=C2\C(=O)C(=O)N(c3ccc(C(C)C)cc3)C2c2c[nH]c3ccccc23)c(OC)c1Cl. The number of para-hydroxylation sites is 1. The van der Waals surface area contributed by atoms with E-state index in [-0.39, 0.29) is 38.6 Å². The fourth-order valence-electron chi connectivity index (χ4n) is 5.02. The molecule has 1 saturated heterocycles. The first kappa shape index (κ1) is 26.7. The number of H-pyrrole nitrogens is 1. The van der Waals surface area contributed by atoms with Gasteiger partial charge in [-0.05, 0) is 35.7 Å². The molecule has 1 aromatic heterocycles. The minimum atomic E-state index is -0.949. The molecule has 0 bridgehead atoms. The summed E-state index contributed by atoms with van der Waals surface area (Å²) in [6, 6.07) is 15.5. The van der Waals surface area contributed by atoms with Crippen LogP contribution in [0, 0.1) is 0 Å². The second-order valence-electron chi connectivity index (χ2n) is 9.49. The highest BCUT2D eigenvalue weighted by molar-refractivity contribution is 6.52. The van der Waals surface area contributed by atoms with E-state index in [0.29, 0.717) is 11.3 Å². The highest BCUT2D eigenvalue weighted by Crippen LogP contribution is 2.49. The number of ketones is 1. The van der Waals surface area contributed by atoms with Gasteiger partial charge in [0.05, 0.1) is 36.4 Å². The number of Topliss-reactive ketones (excluding diaryl/α,β-unsaturated/α-hetero) is 1. The molecule has 1 fully saturated rings. The molecule has 0 radical (unpaired) electrons. The van der Waals surface area contributed by atoms with Crippen molar-refractivity contribution in [3.05, 3.63) is 93.1 Å². The lowest BCUT2D eigenvalue weighted by molar-refractivity contribution is -0.132. The Kier molecular flexibility index (Phi) is 7.05. The summed E-state index contributed by atoms with van der Waals surface area (Å²) in [6.07, 6.45) is 1.75. The van der Waals surface area contributed by atoms with Gasteiger partial charge in [0, 0.05) is 28.4 Å². The van der Waals surface area contributed by atoms with Gasteiger partial charge in [-0.1, -0.05) is 67.4 Å². The van der Waals surface area contributed by atoms with Crippen molar-refractivity contribution in [3.8, 4) is 11.5 Å². The summed E-state index contributed by atoms with van der Waals surface area (Å²) in [7, 11) is 2.77. The van der Waals surface area contributed by atoms with E-state index in [2.05, 4.69) is 18.8 Å². The van der Waals surface area contributed by atoms with Gasteiger partial charge in [0.2, 0.25) is 0 Å². The van der Waals surface area contributed by atoms with Gasteiger partial charge in [-0.25, -0.2) is 0 Å². The largest absolute Gasteiger partial charge is 0.507 e. The number of ether oxygens (including phenoxy) is 2. The van der Waals surface area contributed by atoms with E-state index in [1.165, 1.54) is 25.2 Å². The van der Waals surface area contributed by atoms with Crippen LogP contribution in [0.5, 0.6) is 11.5 Å². The van der Waals surface area contributed by atoms with Crippen LogP contribution in [0.3, 0.4) is 0 Å². The number of aromatic amines is 1. The Bertz CT molecular complexity index is 1640. The van der Waals surface area contributed by atoms with Crippen LogP contribution in [0.4, 0.5) is 5.69 Å². The van der Waals surface area contributed by atoms with E-state index < -0.39 is 23.5 Å². The van der Waals surface area contributed by atoms with Crippen LogP contribution in [0.25, 0.3) is 16.7 Å².